The molecule has 0 amide bonds. The largest absolute Gasteiger partial charge is 0.530 e. The molecule has 0 aliphatic rings. The van der Waals surface area contributed by atoms with Crippen molar-refractivity contribution in [3.8, 4) is 0 Å². The first kappa shape index (κ1) is 18.7. The van der Waals surface area contributed by atoms with Gasteiger partial charge in [0, 0.05) is 21.3 Å². The normalized spacial score (nSPS) is 16.8. The molecule has 2 atom stereocenters. The van der Waals surface area contributed by atoms with E-state index in [0.29, 0.717) is 6.42 Å². The van der Waals surface area contributed by atoms with Gasteiger partial charge in [-0.15, -0.1) is 0 Å². The molecule has 9 heteroatoms. The molecule has 0 spiro atoms. The van der Waals surface area contributed by atoms with Gasteiger partial charge < -0.3 is 22.8 Å². The first-order valence-corrected chi connectivity index (χ1v) is 7.73. The van der Waals surface area contributed by atoms with Crippen molar-refractivity contribution in [2.75, 3.05) is 21.3 Å². The predicted molar refractivity (Wildman–Crippen MR) is 67.6 cm³/mol. The Morgan fingerprint density at radius 2 is 1.63 bits per heavy atom. The van der Waals surface area contributed by atoms with E-state index >= 15 is 0 Å². The highest BCUT2D eigenvalue weighted by atomic mass is 35.5. The summed E-state index contributed by atoms with van der Waals surface area (Å²) < 4.78 is 50.9. The highest BCUT2D eigenvalue weighted by molar-refractivity contribution is 6.62. The van der Waals surface area contributed by atoms with E-state index in [2.05, 4.69) is 4.74 Å². The molecule has 0 aromatic heterocycles. The van der Waals surface area contributed by atoms with Gasteiger partial charge in [0.25, 0.3) is 5.29 Å². The molecule has 19 heavy (non-hydrogen) atoms. The first-order chi connectivity index (χ1) is 8.86. The van der Waals surface area contributed by atoms with E-state index < -0.39 is 32.1 Å². The molecule has 0 saturated carbocycles. The molecule has 0 fully saturated rings. The predicted octanol–water partition coefficient (Wildman–Crippen LogP) is 2.87. The van der Waals surface area contributed by atoms with Crippen LogP contribution in [0.25, 0.3) is 0 Å². The van der Waals surface area contributed by atoms with E-state index in [0.717, 1.165) is 0 Å². The van der Waals surface area contributed by atoms with Crippen molar-refractivity contribution in [3.63, 3.8) is 0 Å². The minimum Gasteiger partial charge on any atom is -0.438 e. The van der Waals surface area contributed by atoms with Crippen LogP contribution < -0.4 is 0 Å². The Morgan fingerprint density at radius 3 is 1.95 bits per heavy atom. The SMILES string of the molecule is CCC(OC(C)OC(F)=C(F)Cl)[Si](OC)(OC)OC. The van der Waals surface area contributed by atoms with Gasteiger partial charge in [-0.25, -0.2) is 0 Å². The van der Waals surface area contributed by atoms with E-state index in [4.69, 9.17) is 29.6 Å². The second-order valence-corrected chi connectivity index (χ2v) is 6.88. The van der Waals surface area contributed by atoms with Gasteiger partial charge in [-0.3, -0.25) is 0 Å². The van der Waals surface area contributed by atoms with Crippen LogP contribution in [0.5, 0.6) is 0 Å². The van der Waals surface area contributed by atoms with Crippen molar-refractivity contribution in [2.45, 2.75) is 32.3 Å². The second kappa shape index (κ2) is 8.83. The molecule has 0 saturated heterocycles. The van der Waals surface area contributed by atoms with Gasteiger partial charge in [0.1, 0.15) is 5.73 Å². The van der Waals surface area contributed by atoms with Crippen LogP contribution in [0.4, 0.5) is 8.78 Å². The maximum absolute atomic E-state index is 12.9. The van der Waals surface area contributed by atoms with Gasteiger partial charge in [-0.1, -0.05) is 6.92 Å². The van der Waals surface area contributed by atoms with Crippen LogP contribution in [0, 0.1) is 0 Å². The Balaban J connectivity index is 4.76. The van der Waals surface area contributed by atoms with Gasteiger partial charge in [0.15, 0.2) is 6.29 Å². The highest BCUT2D eigenvalue weighted by Gasteiger charge is 2.48. The zero-order chi connectivity index (χ0) is 15.1. The van der Waals surface area contributed by atoms with Crippen molar-refractivity contribution in [1.29, 1.82) is 0 Å². The van der Waals surface area contributed by atoms with Crippen LogP contribution in [0.1, 0.15) is 20.3 Å². The van der Waals surface area contributed by atoms with Crippen molar-refractivity contribution in [2.24, 2.45) is 0 Å². The molecule has 2 unspecified atom stereocenters. The number of ether oxygens (including phenoxy) is 2. The summed E-state index contributed by atoms with van der Waals surface area (Å²) in [6, 6.07) is -1.54. The molecule has 0 bridgehead atoms. The zero-order valence-corrected chi connectivity index (χ0v) is 13.3. The third-order valence-electron chi connectivity index (χ3n) is 2.39. The van der Waals surface area contributed by atoms with Crippen molar-refractivity contribution in [1.82, 2.24) is 0 Å². The Labute approximate surface area is 117 Å². The molecule has 5 nitrogen and oxygen atoms in total. The van der Waals surface area contributed by atoms with Crippen LogP contribution in [0.3, 0.4) is 0 Å². The summed E-state index contributed by atoms with van der Waals surface area (Å²) in [7, 11) is 1.22. The third-order valence-corrected chi connectivity index (χ3v) is 5.58. The minimum atomic E-state index is -3.06. The van der Waals surface area contributed by atoms with Crippen molar-refractivity contribution < 1.29 is 31.5 Å². The smallest absolute Gasteiger partial charge is 0.438 e. The molecule has 114 valence electrons. The average Bonchev–Trinajstić information content (AvgIpc) is 2.39. The number of rotatable bonds is 9. The van der Waals surface area contributed by atoms with E-state index in [1.807, 2.05) is 6.92 Å². The molecule has 0 radical (unpaired) electrons. The van der Waals surface area contributed by atoms with Gasteiger partial charge in [0.2, 0.25) is 0 Å². The summed E-state index contributed by atoms with van der Waals surface area (Å²) in [4.78, 5) is 0. The molecular weight excluding hydrogens is 302 g/mol. The van der Waals surface area contributed by atoms with Gasteiger partial charge >= 0.3 is 14.8 Å². The Bertz CT molecular complexity index is 289. The maximum atomic E-state index is 12.9. The Kier molecular flexibility index (Phi) is 8.71. The fourth-order valence-corrected chi connectivity index (χ4v) is 3.71. The molecule has 0 rings (SSSR count). The average molecular weight is 321 g/mol. The molecular formula is C10H19ClF2O5Si. The van der Waals surface area contributed by atoms with E-state index in [9.17, 15) is 8.78 Å². The van der Waals surface area contributed by atoms with Gasteiger partial charge in [0.05, 0.1) is 0 Å². The quantitative estimate of drug-likeness (QED) is 0.371. The van der Waals surface area contributed by atoms with Crippen LogP contribution >= 0.6 is 11.6 Å². The lowest BCUT2D eigenvalue weighted by molar-refractivity contribution is -0.148. The summed E-state index contributed by atoms with van der Waals surface area (Å²) in [6.45, 7) is 3.20. The van der Waals surface area contributed by atoms with E-state index in [1.54, 1.807) is 0 Å². The molecule has 0 aliphatic heterocycles. The van der Waals surface area contributed by atoms with E-state index in [1.165, 1.54) is 28.3 Å². The van der Waals surface area contributed by atoms with E-state index in [-0.39, 0.29) is 0 Å². The molecule has 0 aliphatic carbocycles. The minimum absolute atomic E-state index is 0.476. The first-order valence-electron chi connectivity index (χ1n) is 5.55. The molecule has 0 N–H and O–H groups in total. The van der Waals surface area contributed by atoms with Crippen LogP contribution in [-0.4, -0.2) is 42.2 Å². The van der Waals surface area contributed by atoms with Crippen LogP contribution in [0.2, 0.25) is 0 Å². The van der Waals surface area contributed by atoms with Crippen molar-refractivity contribution in [3.05, 3.63) is 11.3 Å². The second-order valence-electron chi connectivity index (χ2n) is 3.47. The number of hydrogen-bond donors (Lipinski definition) is 0. The summed E-state index contributed by atoms with van der Waals surface area (Å²) in [6.07, 6.45) is -0.605. The monoisotopic (exact) mass is 320 g/mol. The lowest BCUT2D eigenvalue weighted by Crippen LogP contribution is -2.56. The van der Waals surface area contributed by atoms with Crippen molar-refractivity contribution >= 4 is 20.4 Å². The number of hydrogen-bond acceptors (Lipinski definition) is 5. The Hall–Kier alpha value is -0.253. The lowest BCUT2D eigenvalue weighted by atomic mass is 10.5. The summed E-state index contributed by atoms with van der Waals surface area (Å²) in [5.74, 6) is 0. The molecule has 0 aromatic carbocycles. The third kappa shape index (κ3) is 5.33. The summed E-state index contributed by atoms with van der Waals surface area (Å²) in [5.41, 5.74) is -0.589. The lowest BCUT2D eigenvalue weighted by Gasteiger charge is -2.32. The maximum Gasteiger partial charge on any atom is 0.530 e. The standard InChI is InChI=1S/C10H19ClF2O5Si/c1-6-8(19(14-3,15-4)16-5)17-7(2)18-10(13)9(11)12/h7-8H,6H2,1-5H3. The molecule has 0 heterocycles. The fourth-order valence-electron chi connectivity index (χ4n) is 1.52. The summed E-state index contributed by atoms with van der Waals surface area (Å²) >= 11 is 4.81. The zero-order valence-electron chi connectivity index (χ0n) is 11.5. The van der Waals surface area contributed by atoms with Crippen LogP contribution in [-0.2, 0) is 22.8 Å². The summed E-state index contributed by atoms with van der Waals surface area (Å²) in [5, 5.41) is -1.57. The Morgan fingerprint density at radius 1 is 1.16 bits per heavy atom. The molecule has 0 aromatic rings. The van der Waals surface area contributed by atoms with Gasteiger partial charge in [-0.05, 0) is 24.9 Å². The van der Waals surface area contributed by atoms with Crippen LogP contribution in [0.15, 0.2) is 11.3 Å². The number of halogens is 3. The van der Waals surface area contributed by atoms with Gasteiger partial charge in [-0.2, -0.15) is 8.78 Å². The topological polar surface area (TPSA) is 46.2 Å². The fraction of sp³-hybridized carbons (Fsp3) is 0.800. The highest BCUT2D eigenvalue weighted by Crippen LogP contribution is 2.22.